The molecule has 2 fully saturated rings. The van der Waals surface area contributed by atoms with Crippen LogP contribution in [0, 0.1) is 17.8 Å². The van der Waals surface area contributed by atoms with Gasteiger partial charge in [0, 0.05) is 18.2 Å². The van der Waals surface area contributed by atoms with Gasteiger partial charge in [-0.1, -0.05) is 18.2 Å². The lowest BCUT2D eigenvalue weighted by atomic mass is 10.2. The number of esters is 1. The topological polar surface area (TPSA) is 46.6 Å². The predicted octanol–water partition coefficient (Wildman–Crippen LogP) is 1.46. The largest absolute Gasteiger partial charge is 0.466 e. The fourth-order valence-corrected chi connectivity index (χ4v) is 2.82. The molecule has 0 aromatic heterocycles. The van der Waals surface area contributed by atoms with Crippen molar-refractivity contribution in [1.29, 1.82) is 0 Å². The molecule has 0 bridgehead atoms. The third-order valence-corrected chi connectivity index (χ3v) is 3.74. The van der Waals surface area contributed by atoms with Gasteiger partial charge < -0.3 is 9.64 Å². The SMILES string of the molecule is CCOC(=O)[C@@H]1[C@H]2CN(c3ccccc3)C(=O)[C@H]21. The number of ether oxygens (including phenoxy) is 1. The van der Waals surface area contributed by atoms with Crippen molar-refractivity contribution < 1.29 is 14.3 Å². The number of hydrogen-bond acceptors (Lipinski definition) is 3. The average Bonchev–Trinajstić information content (AvgIpc) is 3.01. The van der Waals surface area contributed by atoms with E-state index in [0.29, 0.717) is 13.2 Å². The maximum Gasteiger partial charge on any atom is 0.310 e. The summed E-state index contributed by atoms with van der Waals surface area (Å²) in [6.45, 7) is 2.80. The monoisotopic (exact) mass is 245 g/mol. The molecule has 2 aliphatic rings. The Morgan fingerprint density at radius 3 is 2.67 bits per heavy atom. The van der Waals surface area contributed by atoms with Crippen molar-refractivity contribution >= 4 is 17.6 Å². The molecule has 3 atom stereocenters. The number of anilines is 1. The number of piperidine rings is 1. The molecule has 0 spiro atoms. The molecule has 0 radical (unpaired) electrons. The Bertz CT molecular complexity index is 485. The highest BCUT2D eigenvalue weighted by atomic mass is 16.5. The Hall–Kier alpha value is -1.84. The maximum absolute atomic E-state index is 12.2. The zero-order chi connectivity index (χ0) is 12.7. The maximum atomic E-state index is 12.2. The molecular weight excluding hydrogens is 230 g/mol. The van der Waals surface area contributed by atoms with Gasteiger partial charge in [0.15, 0.2) is 0 Å². The van der Waals surface area contributed by atoms with Crippen LogP contribution in [0.3, 0.4) is 0 Å². The minimum atomic E-state index is -0.214. The molecule has 1 saturated carbocycles. The first-order valence-corrected chi connectivity index (χ1v) is 6.27. The van der Waals surface area contributed by atoms with E-state index in [1.54, 1.807) is 11.8 Å². The molecule has 1 aliphatic carbocycles. The molecule has 1 saturated heterocycles. The highest BCUT2D eigenvalue weighted by Crippen LogP contribution is 2.53. The van der Waals surface area contributed by atoms with Crippen molar-refractivity contribution in [3.05, 3.63) is 30.3 Å². The van der Waals surface area contributed by atoms with Crippen LogP contribution in [-0.4, -0.2) is 25.0 Å². The first kappa shape index (κ1) is 11.3. The number of carbonyl (C=O) groups excluding carboxylic acids is 2. The number of benzene rings is 1. The van der Waals surface area contributed by atoms with E-state index >= 15 is 0 Å². The van der Waals surface area contributed by atoms with E-state index in [1.165, 1.54) is 0 Å². The Labute approximate surface area is 106 Å². The molecule has 3 rings (SSSR count). The van der Waals surface area contributed by atoms with E-state index < -0.39 is 0 Å². The van der Waals surface area contributed by atoms with E-state index in [9.17, 15) is 9.59 Å². The second-order valence-electron chi connectivity index (χ2n) is 4.75. The van der Waals surface area contributed by atoms with Gasteiger partial charge in [-0.15, -0.1) is 0 Å². The predicted molar refractivity (Wildman–Crippen MR) is 65.9 cm³/mol. The lowest BCUT2D eigenvalue weighted by Gasteiger charge is -2.19. The van der Waals surface area contributed by atoms with E-state index in [2.05, 4.69) is 0 Å². The lowest BCUT2D eigenvalue weighted by molar-refractivity contribution is -0.146. The Kier molecular flexibility index (Phi) is 2.58. The van der Waals surface area contributed by atoms with Gasteiger partial charge in [0.1, 0.15) is 0 Å². The van der Waals surface area contributed by atoms with Gasteiger partial charge in [-0.05, 0) is 19.1 Å². The van der Waals surface area contributed by atoms with E-state index in [4.69, 9.17) is 4.74 Å². The summed E-state index contributed by atoms with van der Waals surface area (Å²) in [5.74, 6) is -0.351. The lowest BCUT2D eigenvalue weighted by Crippen LogP contribution is -2.31. The molecule has 18 heavy (non-hydrogen) atoms. The van der Waals surface area contributed by atoms with Gasteiger partial charge in [0.2, 0.25) is 5.91 Å². The number of nitrogens with zero attached hydrogens (tertiary/aromatic N) is 1. The summed E-state index contributed by atoms with van der Waals surface area (Å²) in [6, 6.07) is 9.58. The fraction of sp³-hybridized carbons (Fsp3) is 0.429. The Morgan fingerprint density at radius 2 is 2.11 bits per heavy atom. The third kappa shape index (κ3) is 1.60. The molecule has 1 amide bonds. The number of hydrogen-bond donors (Lipinski definition) is 0. The van der Waals surface area contributed by atoms with Crippen LogP contribution < -0.4 is 4.90 Å². The van der Waals surface area contributed by atoms with Crippen molar-refractivity contribution in [3.8, 4) is 0 Å². The van der Waals surface area contributed by atoms with Crippen molar-refractivity contribution in [1.82, 2.24) is 0 Å². The van der Waals surface area contributed by atoms with Crippen molar-refractivity contribution in [2.24, 2.45) is 17.8 Å². The van der Waals surface area contributed by atoms with Crippen molar-refractivity contribution in [3.63, 3.8) is 0 Å². The number of amides is 1. The summed E-state index contributed by atoms with van der Waals surface area (Å²) >= 11 is 0. The van der Waals surface area contributed by atoms with E-state index in [0.717, 1.165) is 5.69 Å². The number of carbonyl (C=O) groups is 2. The average molecular weight is 245 g/mol. The third-order valence-electron chi connectivity index (χ3n) is 3.74. The summed E-state index contributed by atoms with van der Waals surface area (Å²) in [5, 5.41) is 0. The van der Waals surface area contributed by atoms with Gasteiger partial charge in [-0.25, -0.2) is 0 Å². The second-order valence-corrected chi connectivity index (χ2v) is 4.75. The normalized spacial score (nSPS) is 29.1. The molecule has 4 heteroatoms. The van der Waals surface area contributed by atoms with E-state index in [-0.39, 0.29) is 29.6 Å². The highest BCUT2D eigenvalue weighted by Gasteiger charge is 2.65. The quantitative estimate of drug-likeness (QED) is 0.757. The van der Waals surface area contributed by atoms with Crippen molar-refractivity contribution in [2.75, 3.05) is 18.1 Å². The number of para-hydroxylation sites is 1. The smallest absolute Gasteiger partial charge is 0.310 e. The van der Waals surface area contributed by atoms with Gasteiger partial charge in [0.25, 0.3) is 0 Å². The van der Waals surface area contributed by atoms with Crippen LogP contribution in [0.4, 0.5) is 5.69 Å². The first-order valence-electron chi connectivity index (χ1n) is 6.27. The van der Waals surface area contributed by atoms with Gasteiger partial charge in [-0.2, -0.15) is 0 Å². The molecule has 0 unspecified atom stereocenters. The number of fused-ring (bicyclic) bond motifs is 1. The van der Waals surface area contributed by atoms with Crippen LogP contribution in [0.5, 0.6) is 0 Å². The first-order chi connectivity index (χ1) is 8.74. The molecule has 0 N–H and O–H groups in total. The zero-order valence-electron chi connectivity index (χ0n) is 10.2. The minimum absolute atomic E-state index is 0.0595. The summed E-state index contributed by atoms with van der Waals surface area (Å²) in [6.07, 6.45) is 0. The van der Waals surface area contributed by atoms with Gasteiger partial charge >= 0.3 is 5.97 Å². The van der Waals surface area contributed by atoms with Crippen LogP contribution >= 0.6 is 0 Å². The van der Waals surface area contributed by atoms with Crippen LogP contribution in [0.2, 0.25) is 0 Å². The molecule has 1 aromatic rings. The minimum Gasteiger partial charge on any atom is -0.466 e. The van der Waals surface area contributed by atoms with Crippen LogP contribution in [0.15, 0.2) is 30.3 Å². The molecule has 4 nitrogen and oxygen atoms in total. The molecule has 1 heterocycles. The summed E-state index contributed by atoms with van der Waals surface area (Å²) < 4.78 is 4.98. The Balaban J connectivity index is 1.70. The second kappa shape index (κ2) is 4.12. The summed E-state index contributed by atoms with van der Waals surface area (Å²) in [4.78, 5) is 25.6. The molecule has 1 aromatic carbocycles. The van der Waals surface area contributed by atoms with Crippen LogP contribution in [0.25, 0.3) is 0 Å². The van der Waals surface area contributed by atoms with Gasteiger partial charge in [0.05, 0.1) is 18.4 Å². The van der Waals surface area contributed by atoms with Crippen LogP contribution in [-0.2, 0) is 14.3 Å². The molecule has 94 valence electrons. The van der Waals surface area contributed by atoms with E-state index in [1.807, 2.05) is 30.3 Å². The van der Waals surface area contributed by atoms with Crippen LogP contribution in [0.1, 0.15) is 6.92 Å². The Morgan fingerprint density at radius 1 is 1.39 bits per heavy atom. The van der Waals surface area contributed by atoms with Crippen molar-refractivity contribution in [2.45, 2.75) is 6.92 Å². The molecule has 1 aliphatic heterocycles. The fourth-order valence-electron chi connectivity index (χ4n) is 2.82. The summed E-state index contributed by atoms with van der Waals surface area (Å²) in [5.41, 5.74) is 0.914. The van der Waals surface area contributed by atoms with Gasteiger partial charge in [-0.3, -0.25) is 9.59 Å². The zero-order valence-corrected chi connectivity index (χ0v) is 10.2. The standard InChI is InChI=1S/C14H15NO3/c1-2-18-14(17)12-10-8-15(13(16)11(10)12)9-6-4-3-5-7-9/h3-7,10-12H,2,8H2,1H3/t10-,11+,12+/m0/s1. The molecular formula is C14H15NO3. The highest BCUT2D eigenvalue weighted by molar-refractivity contribution is 6.04. The number of rotatable bonds is 3. The summed E-state index contributed by atoms with van der Waals surface area (Å²) in [7, 11) is 0.